The Morgan fingerprint density at radius 1 is 0.654 bits per heavy atom. The summed E-state index contributed by atoms with van der Waals surface area (Å²) in [5.41, 5.74) is 7.14. The van der Waals surface area contributed by atoms with Crippen molar-refractivity contribution in [2.75, 3.05) is 0 Å². The first-order valence-corrected chi connectivity index (χ1v) is 11.2. The van der Waals surface area contributed by atoms with Crippen LogP contribution in [0.15, 0.2) is 84.9 Å². The molecule has 0 spiro atoms. The molecule has 2 unspecified atom stereocenters. The van der Waals surface area contributed by atoms with Crippen LogP contribution in [0.25, 0.3) is 12.2 Å². The third-order valence-corrected chi connectivity index (χ3v) is 7.75. The van der Waals surface area contributed by atoms with Crippen LogP contribution in [-0.2, 0) is 0 Å². The maximum absolute atomic E-state index is 2.40. The summed E-state index contributed by atoms with van der Waals surface area (Å²) in [4.78, 5) is 0. The van der Waals surface area contributed by atoms with Gasteiger partial charge in [-0.15, -0.1) is 0 Å². The molecule has 0 bridgehead atoms. The largest absolute Gasteiger partial charge is 0.0767 e. The number of allylic oxidation sites excluding steroid dienone is 2. The molecule has 0 aliphatic heterocycles. The topological polar surface area (TPSA) is 0 Å². The standard InChI is InChI=1S/C25H22Si/c1-3-7-23-18(5-1)9-10-21(23)17-26-22-14-11-20(12-15-22)25-16-13-19-6-2-4-8-24(19)25/h1-16,21,25H,17,26H2. The molecule has 0 saturated heterocycles. The molecule has 0 N–H and O–H groups in total. The average Bonchev–Trinajstić information content (AvgIpc) is 3.31. The fraction of sp³-hybridized carbons (Fsp3) is 0.120. The first kappa shape index (κ1) is 15.6. The van der Waals surface area contributed by atoms with Gasteiger partial charge in [-0.1, -0.05) is 102 Å². The molecule has 26 heavy (non-hydrogen) atoms. The van der Waals surface area contributed by atoms with Crippen LogP contribution in [0.2, 0.25) is 6.04 Å². The zero-order valence-electron chi connectivity index (χ0n) is 14.8. The van der Waals surface area contributed by atoms with Gasteiger partial charge in [0.15, 0.2) is 0 Å². The van der Waals surface area contributed by atoms with Gasteiger partial charge in [0.05, 0.1) is 9.52 Å². The molecule has 0 saturated carbocycles. The lowest BCUT2D eigenvalue weighted by Crippen LogP contribution is -2.15. The molecule has 2 aliphatic carbocycles. The van der Waals surface area contributed by atoms with Crippen LogP contribution in [0.3, 0.4) is 0 Å². The van der Waals surface area contributed by atoms with E-state index in [2.05, 4.69) is 97.1 Å². The summed E-state index contributed by atoms with van der Waals surface area (Å²) in [5.74, 6) is 1.05. The van der Waals surface area contributed by atoms with Crippen molar-refractivity contribution in [2.45, 2.75) is 17.9 Å². The van der Waals surface area contributed by atoms with Crippen molar-refractivity contribution in [3.05, 3.63) is 113 Å². The van der Waals surface area contributed by atoms with Gasteiger partial charge in [0.1, 0.15) is 0 Å². The molecule has 2 atom stereocenters. The minimum atomic E-state index is -0.246. The summed E-state index contributed by atoms with van der Waals surface area (Å²) in [6.07, 6.45) is 9.28. The van der Waals surface area contributed by atoms with Crippen LogP contribution in [0.1, 0.15) is 39.7 Å². The summed E-state index contributed by atoms with van der Waals surface area (Å²) >= 11 is 0. The van der Waals surface area contributed by atoms with E-state index in [0.717, 1.165) is 0 Å². The maximum atomic E-state index is 2.40. The van der Waals surface area contributed by atoms with Crippen molar-refractivity contribution in [1.82, 2.24) is 0 Å². The molecule has 1 heteroatoms. The fourth-order valence-electron chi connectivity index (χ4n) is 4.33. The van der Waals surface area contributed by atoms with E-state index in [1.807, 2.05) is 0 Å². The van der Waals surface area contributed by atoms with Gasteiger partial charge in [-0.05, 0) is 33.9 Å². The van der Waals surface area contributed by atoms with Gasteiger partial charge in [0, 0.05) is 11.8 Å². The quantitative estimate of drug-likeness (QED) is 0.589. The minimum Gasteiger partial charge on any atom is -0.0767 e. The zero-order chi connectivity index (χ0) is 17.3. The van der Waals surface area contributed by atoms with Crippen LogP contribution < -0.4 is 5.19 Å². The van der Waals surface area contributed by atoms with Crippen LogP contribution in [0.4, 0.5) is 0 Å². The molecule has 3 aromatic carbocycles. The van der Waals surface area contributed by atoms with Gasteiger partial charge in [-0.2, -0.15) is 0 Å². The Kier molecular flexibility index (Phi) is 3.95. The van der Waals surface area contributed by atoms with Crippen molar-refractivity contribution in [3.8, 4) is 0 Å². The normalized spacial score (nSPS) is 20.0. The lowest BCUT2D eigenvalue weighted by molar-refractivity contribution is 0.981. The number of fused-ring (bicyclic) bond motifs is 2. The minimum absolute atomic E-state index is 0.246. The summed E-state index contributed by atoms with van der Waals surface area (Å²) in [6.45, 7) is 0. The lowest BCUT2D eigenvalue weighted by Gasteiger charge is -2.13. The van der Waals surface area contributed by atoms with Crippen molar-refractivity contribution >= 4 is 26.9 Å². The molecule has 3 aromatic rings. The molecule has 126 valence electrons. The SMILES string of the molecule is C1=CC(C[SiH2]c2ccc(C3C=Cc4ccccc43)cc2)c2ccccc21. The monoisotopic (exact) mass is 350 g/mol. The Morgan fingerprint density at radius 2 is 1.31 bits per heavy atom. The molecule has 0 nitrogen and oxygen atoms in total. The second-order valence-electron chi connectivity index (χ2n) is 7.34. The Morgan fingerprint density at radius 3 is 2.12 bits per heavy atom. The van der Waals surface area contributed by atoms with Gasteiger partial charge in [-0.3, -0.25) is 0 Å². The van der Waals surface area contributed by atoms with E-state index < -0.39 is 0 Å². The number of hydrogen-bond acceptors (Lipinski definition) is 0. The molecule has 2 aliphatic rings. The van der Waals surface area contributed by atoms with E-state index in [0.29, 0.717) is 11.8 Å². The van der Waals surface area contributed by atoms with Crippen molar-refractivity contribution in [1.29, 1.82) is 0 Å². The highest BCUT2D eigenvalue weighted by atomic mass is 28.2. The lowest BCUT2D eigenvalue weighted by atomic mass is 9.93. The van der Waals surface area contributed by atoms with Gasteiger partial charge in [0.25, 0.3) is 0 Å². The molecule has 0 fully saturated rings. The van der Waals surface area contributed by atoms with E-state index >= 15 is 0 Å². The zero-order valence-corrected chi connectivity index (χ0v) is 16.2. The van der Waals surface area contributed by atoms with Gasteiger partial charge in [-0.25, -0.2) is 0 Å². The van der Waals surface area contributed by atoms with Crippen LogP contribution >= 0.6 is 0 Å². The molecule has 0 heterocycles. The molecule has 0 aromatic heterocycles. The predicted molar refractivity (Wildman–Crippen MR) is 115 cm³/mol. The number of rotatable bonds is 4. The summed E-state index contributed by atoms with van der Waals surface area (Å²) in [6, 6.07) is 28.3. The third kappa shape index (κ3) is 2.79. The predicted octanol–water partition coefficient (Wildman–Crippen LogP) is 4.87. The second-order valence-corrected chi connectivity index (χ2v) is 9.23. The van der Waals surface area contributed by atoms with Crippen LogP contribution in [-0.4, -0.2) is 9.52 Å². The van der Waals surface area contributed by atoms with E-state index in [1.165, 1.54) is 33.9 Å². The Hall–Kier alpha value is -2.64. The van der Waals surface area contributed by atoms with E-state index in [4.69, 9.17) is 0 Å². The molecule has 0 amide bonds. The van der Waals surface area contributed by atoms with Gasteiger partial charge >= 0.3 is 0 Å². The first-order valence-electron chi connectivity index (χ1n) is 9.51. The molecule has 5 rings (SSSR count). The highest BCUT2D eigenvalue weighted by Crippen LogP contribution is 2.35. The summed E-state index contributed by atoms with van der Waals surface area (Å²) in [7, 11) is -0.246. The van der Waals surface area contributed by atoms with Crippen molar-refractivity contribution in [2.24, 2.45) is 0 Å². The van der Waals surface area contributed by atoms with Crippen molar-refractivity contribution in [3.63, 3.8) is 0 Å². The maximum Gasteiger partial charge on any atom is 0.0556 e. The second kappa shape index (κ2) is 6.58. The number of hydrogen-bond donors (Lipinski definition) is 0. The Balaban J connectivity index is 1.28. The Bertz CT molecular complexity index is 995. The van der Waals surface area contributed by atoms with E-state index in [9.17, 15) is 0 Å². The van der Waals surface area contributed by atoms with Gasteiger partial charge in [0.2, 0.25) is 0 Å². The highest BCUT2D eigenvalue weighted by molar-refractivity contribution is 6.53. The van der Waals surface area contributed by atoms with Crippen molar-refractivity contribution < 1.29 is 0 Å². The van der Waals surface area contributed by atoms with Gasteiger partial charge < -0.3 is 0 Å². The summed E-state index contributed by atoms with van der Waals surface area (Å²) < 4.78 is 0. The smallest absolute Gasteiger partial charge is 0.0556 e. The average molecular weight is 351 g/mol. The third-order valence-electron chi connectivity index (χ3n) is 5.79. The fourth-order valence-corrected chi connectivity index (χ4v) is 6.05. The molecule has 0 radical (unpaired) electrons. The van der Waals surface area contributed by atoms with E-state index in [1.54, 1.807) is 5.19 Å². The first-order chi connectivity index (χ1) is 12.9. The molecular weight excluding hydrogens is 328 g/mol. The van der Waals surface area contributed by atoms with Crippen LogP contribution in [0.5, 0.6) is 0 Å². The van der Waals surface area contributed by atoms with E-state index in [-0.39, 0.29) is 9.52 Å². The highest BCUT2D eigenvalue weighted by Gasteiger charge is 2.19. The Labute approximate surface area is 157 Å². The summed E-state index contributed by atoms with van der Waals surface area (Å²) in [5, 5.41) is 1.57. The number of benzene rings is 3. The van der Waals surface area contributed by atoms with Crippen LogP contribution in [0, 0.1) is 0 Å². The molecular formula is C25H22Si.